The summed E-state index contributed by atoms with van der Waals surface area (Å²) in [5, 5.41) is 2.40. The third-order valence-corrected chi connectivity index (χ3v) is 6.89. The highest BCUT2D eigenvalue weighted by molar-refractivity contribution is 7.99. The van der Waals surface area contributed by atoms with Crippen molar-refractivity contribution in [2.24, 2.45) is 7.05 Å². The lowest BCUT2D eigenvalue weighted by Gasteiger charge is -2.29. The third kappa shape index (κ3) is 4.04. The van der Waals surface area contributed by atoms with Gasteiger partial charge in [0.25, 0.3) is 5.56 Å². The lowest BCUT2D eigenvalue weighted by atomic mass is 9.97. The van der Waals surface area contributed by atoms with Crippen LogP contribution >= 0.6 is 23.1 Å². The number of carbonyl (C=O) groups excluding carboxylic acids is 1. The van der Waals surface area contributed by atoms with Crippen molar-refractivity contribution in [3.8, 4) is 0 Å². The largest absolute Gasteiger partial charge is 0.334 e. The number of benzene rings is 2. The summed E-state index contributed by atoms with van der Waals surface area (Å²) >= 11 is 2.67. The summed E-state index contributed by atoms with van der Waals surface area (Å²) in [5.41, 5.74) is 2.70. The molecule has 0 aliphatic rings. The smallest absolute Gasteiger partial charge is 0.271 e. The van der Waals surface area contributed by atoms with Crippen LogP contribution in [0, 0.1) is 0 Å². The number of aromatic nitrogens is 2. The molecule has 1 amide bonds. The SMILES string of the molecule is CN(C(=O)CSc1nc2ccsc2c(=O)n1C)C(c1ccccc1)c1ccccc1. The molecule has 0 bridgehead atoms. The number of thiophene rings is 1. The van der Waals surface area contributed by atoms with Crippen LogP contribution in [-0.2, 0) is 11.8 Å². The van der Waals surface area contributed by atoms with E-state index in [1.54, 1.807) is 11.9 Å². The average molecular weight is 436 g/mol. The van der Waals surface area contributed by atoms with Crippen LogP contribution in [0.2, 0.25) is 0 Å². The zero-order valence-corrected chi connectivity index (χ0v) is 18.3. The molecule has 152 valence electrons. The van der Waals surface area contributed by atoms with Crippen LogP contribution in [-0.4, -0.2) is 33.2 Å². The summed E-state index contributed by atoms with van der Waals surface area (Å²) in [6.07, 6.45) is 0. The normalized spacial score (nSPS) is 11.2. The minimum atomic E-state index is -0.184. The molecule has 0 atom stereocenters. The van der Waals surface area contributed by atoms with Gasteiger partial charge in [-0.3, -0.25) is 14.2 Å². The molecule has 0 aliphatic carbocycles. The average Bonchev–Trinajstić information content (AvgIpc) is 3.25. The first-order valence-electron chi connectivity index (χ1n) is 9.49. The van der Waals surface area contributed by atoms with Gasteiger partial charge in [-0.2, -0.15) is 0 Å². The molecule has 30 heavy (non-hydrogen) atoms. The third-order valence-electron chi connectivity index (χ3n) is 4.98. The van der Waals surface area contributed by atoms with E-state index < -0.39 is 0 Å². The molecular formula is C23H21N3O2S2. The monoisotopic (exact) mass is 435 g/mol. The summed E-state index contributed by atoms with van der Waals surface area (Å²) in [5.74, 6) is 0.167. The van der Waals surface area contributed by atoms with Crippen molar-refractivity contribution in [2.45, 2.75) is 11.2 Å². The zero-order valence-electron chi connectivity index (χ0n) is 16.7. The first kappa shape index (κ1) is 20.4. The maximum atomic E-state index is 13.1. The van der Waals surface area contributed by atoms with Gasteiger partial charge in [-0.05, 0) is 22.6 Å². The quantitative estimate of drug-likeness (QED) is 0.334. The fourth-order valence-corrected chi connectivity index (χ4v) is 5.08. The molecular weight excluding hydrogens is 414 g/mol. The highest BCUT2D eigenvalue weighted by Crippen LogP contribution is 2.28. The molecule has 0 fully saturated rings. The van der Waals surface area contributed by atoms with Gasteiger partial charge in [0.05, 0.1) is 17.3 Å². The Bertz CT molecular complexity index is 1180. The number of amides is 1. The fourth-order valence-electron chi connectivity index (χ4n) is 3.38. The second kappa shape index (κ2) is 8.85. The van der Waals surface area contributed by atoms with Crippen LogP contribution in [0.4, 0.5) is 0 Å². The van der Waals surface area contributed by atoms with Gasteiger partial charge in [0.2, 0.25) is 5.91 Å². The molecule has 2 aromatic heterocycles. The molecule has 0 saturated carbocycles. The van der Waals surface area contributed by atoms with Gasteiger partial charge >= 0.3 is 0 Å². The van der Waals surface area contributed by atoms with E-state index >= 15 is 0 Å². The van der Waals surface area contributed by atoms with E-state index in [2.05, 4.69) is 4.98 Å². The van der Waals surface area contributed by atoms with E-state index in [0.29, 0.717) is 15.4 Å². The van der Waals surface area contributed by atoms with Gasteiger partial charge in [-0.1, -0.05) is 72.4 Å². The fraction of sp³-hybridized carbons (Fsp3) is 0.174. The van der Waals surface area contributed by atoms with Gasteiger partial charge in [0.15, 0.2) is 5.16 Å². The minimum Gasteiger partial charge on any atom is -0.334 e. The Balaban J connectivity index is 1.57. The van der Waals surface area contributed by atoms with Gasteiger partial charge in [0, 0.05) is 14.1 Å². The van der Waals surface area contributed by atoms with Crippen LogP contribution in [0.25, 0.3) is 10.2 Å². The maximum absolute atomic E-state index is 13.1. The van der Waals surface area contributed by atoms with Crippen LogP contribution in [0.5, 0.6) is 0 Å². The Labute approximate surface area is 183 Å². The summed E-state index contributed by atoms with van der Waals surface area (Å²) in [6, 6.07) is 21.6. The van der Waals surface area contributed by atoms with Crippen LogP contribution in [0.15, 0.2) is 82.1 Å². The van der Waals surface area contributed by atoms with Gasteiger partial charge in [-0.15, -0.1) is 11.3 Å². The maximum Gasteiger partial charge on any atom is 0.271 e. The van der Waals surface area contributed by atoms with Crippen molar-refractivity contribution >= 4 is 39.2 Å². The van der Waals surface area contributed by atoms with E-state index in [0.717, 1.165) is 11.1 Å². The van der Waals surface area contributed by atoms with Crippen molar-refractivity contribution in [3.05, 3.63) is 93.6 Å². The number of hydrogen-bond acceptors (Lipinski definition) is 5. The standard InChI is InChI=1S/C23H21N3O2S2/c1-25(20(16-9-5-3-6-10-16)17-11-7-4-8-12-17)19(27)15-30-23-24-18-13-14-29-21(18)22(28)26(23)2/h3-14,20H,15H2,1-2H3. The summed E-state index contributed by atoms with van der Waals surface area (Å²) in [4.78, 5) is 31.9. The molecule has 0 N–H and O–H groups in total. The molecule has 4 rings (SSSR count). The Kier molecular flexibility index (Phi) is 6.01. The molecule has 4 aromatic rings. The number of hydrogen-bond donors (Lipinski definition) is 0. The highest BCUT2D eigenvalue weighted by atomic mass is 32.2. The summed E-state index contributed by atoms with van der Waals surface area (Å²) in [6.45, 7) is 0. The van der Waals surface area contributed by atoms with E-state index in [1.807, 2.05) is 79.2 Å². The molecule has 0 aliphatic heterocycles. The van der Waals surface area contributed by atoms with E-state index in [-0.39, 0.29) is 23.3 Å². The van der Waals surface area contributed by atoms with Gasteiger partial charge in [0.1, 0.15) is 4.70 Å². The molecule has 0 radical (unpaired) electrons. The number of nitrogens with zero attached hydrogens (tertiary/aromatic N) is 3. The molecule has 0 unspecified atom stereocenters. The van der Waals surface area contributed by atoms with Crippen LogP contribution < -0.4 is 5.56 Å². The first-order valence-corrected chi connectivity index (χ1v) is 11.4. The minimum absolute atomic E-state index is 0.0302. The first-order chi connectivity index (χ1) is 14.6. The Morgan fingerprint density at radius 3 is 2.27 bits per heavy atom. The molecule has 2 heterocycles. The molecule has 0 saturated heterocycles. The predicted octanol–water partition coefficient (Wildman–Crippen LogP) is 4.34. The summed E-state index contributed by atoms with van der Waals surface area (Å²) < 4.78 is 2.15. The van der Waals surface area contributed by atoms with E-state index in [1.165, 1.54) is 27.7 Å². The highest BCUT2D eigenvalue weighted by Gasteiger charge is 2.24. The topological polar surface area (TPSA) is 55.2 Å². The van der Waals surface area contributed by atoms with Gasteiger partial charge < -0.3 is 4.90 Å². The second-order valence-electron chi connectivity index (χ2n) is 6.91. The van der Waals surface area contributed by atoms with Crippen molar-refractivity contribution in [3.63, 3.8) is 0 Å². The van der Waals surface area contributed by atoms with Crippen molar-refractivity contribution in [1.29, 1.82) is 0 Å². The van der Waals surface area contributed by atoms with E-state index in [4.69, 9.17) is 0 Å². The Morgan fingerprint density at radius 1 is 1.07 bits per heavy atom. The summed E-state index contributed by atoms with van der Waals surface area (Å²) in [7, 11) is 3.52. The number of rotatable bonds is 6. The lowest BCUT2D eigenvalue weighted by molar-refractivity contribution is -0.128. The number of carbonyl (C=O) groups is 1. The molecule has 0 spiro atoms. The molecule has 5 nitrogen and oxygen atoms in total. The Hall–Kier alpha value is -2.90. The zero-order chi connectivity index (χ0) is 21.1. The predicted molar refractivity (Wildman–Crippen MR) is 123 cm³/mol. The van der Waals surface area contributed by atoms with Crippen molar-refractivity contribution in [2.75, 3.05) is 12.8 Å². The lowest BCUT2D eigenvalue weighted by Crippen LogP contribution is -2.33. The van der Waals surface area contributed by atoms with E-state index in [9.17, 15) is 9.59 Å². The molecule has 7 heteroatoms. The number of thioether (sulfide) groups is 1. The molecule has 2 aromatic carbocycles. The Morgan fingerprint density at radius 2 is 1.67 bits per heavy atom. The number of fused-ring (bicyclic) bond motifs is 1. The van der Waals surface area contributed by atoms with Crippen molar-refractivity contribution < 1.29 is 4.79 Å². The second-order valence-corrected chi connectivity index (χ2v) is 8.77. The van der Waals surface area contributed by atoms with Crippen LogP contribution in [0.1, 0.15) is 17.2 Å². The van der Waals surface area contributed by atoms with Crippen molar-refractivity contribution in [1.82, 2.24) is 14.5 Å². The van der Waals surface area contributed by atoms with Crippen LogP contribution in [0.3, 0.4) is 0 Å². The van der Waals surface area contributed by atoms with Gasteiger partial charge in [-0.25, -0.2) is 4.98 Å².